The molecule has 0 aromatic heterocycles. The third-order valence-electron chi connectivity index (χ3n) is 4.53. The molecule has 1 aliphatic rings. The van der Waals surface area contributed by atoms with Gasteiger partial charge in [0.25, 0.3) is 0 Å². The lowest BCUT2D eigenvalue weighted by molar-refractivity contribution is 0.142. The van der Waals surface area contributed by atoms with E-state index in [0.29, 0.717) is 6.04 Å². The maximum absolute atomic E-state index is 3.54. The van der Waals surface area contributed by atoms with Gasteiger partial charge in [-0.3, -0.25) is 0 Å². The van der Waals surface area contributed by atoms with Gasteiger partial charge in [0.15, 0.2) is 0 Å². The van der Waals surface area contributed by atoms with Crippen molar-refractivity contribution in [2.75, 3.05) is 20.1 Å². The SMILES string of the molecule is CCCCCN(CC1CCCCC1NC)C(C)C. The minimum atomic E-state index is 0.696. The molecule has 0 bridgehead atoms. The Hall–Kier alpha value is -0.0800. The van der Waals surface area contributed by atoms with Crippen LogP contribution in [0.5, 0.6) is 0 Å². The van der Waals surface area contributed by atoms with Crippen LogP contribution in [0.4, 0.5) is 0 Å². The van der Waals surface area contributed by atoms with Crippen molar-refractivity contribution in [3.05, 3.63) is 0 Å². The molecule has 0 heterocycles. The molecular formula is C16H34N2. The largest absolute Gasteiger partial charge is 0.317 e. The molecule has 0 amide bonds. The molecular weight excluding hydrogens is 220 g/mol. The molecule has 1 N–H and O–H groups in total. The molecule has 0 radical (unpaired) electrons. The molecule has 1 fully saturated rings. The monoisotopic (exact) mass is 254 g/mol. The van der Waals surface area contributed by atoms with Crippen LogP contribution < -0.4 is 5.32 Å². The number of unbranched alkanes of at least 4 members (excludes halogenated alkanes) is 2. The van der Waals surface area contributed by atoms with E-state index in [1.807, 2.05) is 0 Å². The van der Waals surface area contributed by atoms with Crippen molar-refractivity contribution in [3.63, 3.8) is 0 Å². The zero-order valence-corrected chi connectivity index (χ0v) is 13.0. The molecule has 0 saturated heterocycles. The molecule has 108 valence electrons. The summed E-state index contributed by atoms with van der Waals surface area (Å²) in [7, 11) is 2.14. The lowest BCUT2D eigenvalue weighted by Gasteiger charge is -2.37. The lowest BCUT2D eigenvalue weighted by atomic mass is 9.84. The van der Waals surface area contributed by atoms with Gasteiger partial charge >= 0.3 is 0 Å². The van der Waals surface area contributed by atoms with Gasteiger partial charge in [-0.2, -0.15) is 0 Å². The second-order valence-corrected chi connectivity index (χ2v) is 6.24. The van der Waals surface area contributed by atoms with E-state index in [4.69, 9.17) is 0 Å². The van der Waals surface area contributed by atoms with Gasteiger partial charge < -0.3 is 10.2 Å². The third kappa shape index (κ3) is 5.27. The van der Waals surface area contributed by atoms with E-state index in [1.165, 1.54) is 58.0 Å². The molecule has 18 heavy (non-hydrogen) atoms. The van der Waals surface area contributed by atoms with Crippen LogP contribution >= 0.6 is 0 Å². The summed E-state index contributed by atoms with van der Waals surface area (Å²) < 4.78 is 0. The Morgan fingerprint density at radius 1 is 1.17 bits per heavy atom. The van der Waals surface area contributed by atoms with Crippen LogP contribution in [0.2, 0.25) is 0 Å². The molecule has 0 aromatic carbocycles. The Morgan fingerprint density at radius 3 is 2.50 bits per heavy atom. The lowest BCUT2D eigenvalue weighted by Crippen LogP contribution is -2.45. The second kappa shape index (κ2) is 8.92. The van der Waals surface area contributed by atoms with Crippen LogP contribution in [0.3, 0.4) is 0 Å². The fourth-order valence-electron chi connectivity index (χ4n) is 3.23. The van der Waals surface area contributed by atoms with Gasteiger partial charge in [-0.05, 0) is 52.6 Å². The quantitative estimate of drug-likeness (QED) is 0.665. The van der Waals surface area contributed by atoms with Crippen molar-refractivity contribution in [2.24, 2.45) is 5.92 Å². The molecule has 1 saturated carbocycles. The number of rotatable bonds is 8. The molecule has 0 spiro atoms. The molecule has 1 aliphatic carbocycles. The van der Waals surface area contributed by atoms with Crippen molar-refractivity contribution in [3.8, 4) is 0 Å². The van der Waals surface area contributed by atoms with Crippen molar-refractivity contribution < 1.29 is 0 Å². The fraction of sp³-hybridized carbons (Fsp3) is 1.00. The number of nitrogens with zero attached hydrogens (tertiary/aromatic N) is 1. The Kier molecular flexibility index (Phi) is 7.92. The highest BCUT2D eigenvalue weighted by atomic mass is 15.1. The van der Waals surface area contributed by atoms with E-state index in [0.717, 1.165) is 12.0 Å². The molecule has 0 aromatic rings. The zero-order chi connectivity index (χ0) is 13.4. The first-order chi connectivity index (χ1) is 8.69. The Morgan fingerprint density at radius 2 is 1.89 bits per heavy atom. The second-order valence-electron chi connectivity index (χ2n) is 6.24. The van der Waals surface area contributed by atoms with E-state index in [-0.39, 0.29) is 0 Å². The van der Waals surface area contributed by atoms with Crippen LogP contribution in [0.1, 0.15) is 65.7 Å². The Bertz CT molecular complexity index is 203. The van der Waals surface area contributed by atoms with E-state index in [1.54, 1.807) is 0 Å². The van der Waals surface area contributed by atoms with Gasteiger partial charge in [-0.1, -0.05) is 32.6 Å². The molecule has 2 heteroatoms. The third-order valence-corrected chi connectivity index (χ3v) is 4.53. The maximum atomic E-state index is 3.54. The number of nitrogens with one attached hydrogen (secondary N) is 1. The average Bonchev–Trinajstić information content (AvgIpc) is 2.38. The van der Waals surface area contributed by atoms with Gasteiger partial charge in [0.2, 0.25) is 0 Å². The minimum Gasteiger partial charge on any atom is -0.317 e. The smallest absolute Gasteiger partial charge is 0.0104 e. The molecule has 2 unspecified atom stereocenters. The highest BCUT2D eigenvalue weighted by Crippen LogP contribution is 2.25. The maximum Gasteiger partial charge on any atom is 0.0104 e. The Balaban J connectivity index is 2.42. The highest BCUT2D eigenvalue weighted by molar-refractivity contribution is 4.83. The van der Waals surface area contributed by atoms with Gasteiger partial charge in [0.1, 0.15) is 0 Å². The van der Waals surface area contributed by atoms with Crippen molar-refractivity contribution in [1.29, 1.82) is 0 Å². The van der Waals surface area contributed by atoms with Crippen LogP contribution in [0, 0.1) is 5.92 Å². The summed E-state index contributed by atoms with van der Waals surface area (Å²) >= 11 is 0. The summed E-state index contributed by atoms with van der Waals surface area (Å²) in [6.07, 6.45) is 9.72. The van der Waals surface area contributed by atoms with Gasteiger partial charge in [0.05, 0.1) is 0 Å². The molecule has 1 rings (SSSR count). The van der Waals surface area contributed by atoms with Crippen LogP contribution in [-0.2, 0) is 0 Å². The van der Waals surface area contributed by atoms with Crippen molar-refractivity contribution >= 4 is 0 Å². The van der Waals surface area contributed by atoms with E-state index in [2.05, 4.69) is 38.0 Å². The van der Waals surface area contributed by atoms with Crippen LogP contribution in [0.15, 0.2) is 0 Å². The standard InChI is InChI=1S/C16H34N2/c1-5-6-9-12-18(14(2)3)13-15-10-7-8-11-16(15)17-4/h14-17H,5-13H2,1-4H3. The van der Waals surface area contributed by atoms with E-state index in [9.17, 15) is 0 Å². The zero-order valence-electron chi connectivity index (χ0n) is 13.0. The molecule has 2 nitrogen and oxygen atoms in total. The topological polar surface area (TPSA) is 15.3 Å². The highest BCUT2D eigenvalue weighted by Gasteiger charge is 2.26. The average molecular weight is 254 g/mol. The first kappa shape index (κ1) is 16.0. The van der Waals surface area contributed by atoms with Crippen LogP contribution in [0.25, 0.3) is 0 Å². The summed E-state index contributed by atoms with van der Waals surface area (Å²) in [5, 5.41) is 3.54. The normalized spacial score (nSPS) is 25.0. The number of hydrogen-bond acceptors (Lipinski definition) is 2. The Labute approximate surface area is 115 Å². The minimum absolute atomic E-state index is 0.696. The van der Waals surface area contributed by atoms with Gasteiger partial charge in [-0.15, -0.1) is 0 Å². The molecule has 0 aliphatic heterocycles. The predicted octanol–water partition coefficient (Wildman–Crippen LogP) is 3.67. The van der Waals surface area contributed by atoms with Gasteiger partial charge in [0, 0.05) is 18.6 Å². The van der Waals surface area contributed by atoms with Crippen molar-refractivity contribution in [2.45, 2.75) is 77.8 Å². The van der Waals surface area contributed by atoms with E-state index < -0.39 is 0 Å². The summed E-state index contributed by atoms with van der Waals surface area (Å²) in [5.74, 6) is 0.868. The summed E-state index contributed by atoms with van der Waals surface area (Å²) in [5.41, 5.74) is 0. The first-order valence-corrected chi connectivity index (χ1v) is 8.10. The summed E-state index contributed by atoms with van der Waals surface area (Å²) in [6, 6.07) is 1.45. The van der Waals surface area contributed by atoms with Crippen LogP contribution in [-0.4, -0.2) is 37.1 Å². The van der Waals surface area contributed by atoms with E-state index >= 15 is 0 Å². The summed E-state index contributed by atoms with van der Waals surface area (Å²) in [4.78, 5) is 2.70. The predicted molar refractivity (Wildman–Crippen MR) is 81.0 cm³/mol. The van der Waals surface area contributed by atoms with Crippen molar-refractivity contribution in [1.82, 2.24) is 10.2 Å². The number of hydrogen-bond donors (Lipinski definition) is 1. The van der Waals surface area contributed by atoms with Gasteiger partial charge in [-0.25, -0.2) is 0 Å². The first-order valence-electron chi connectivity index (χ1n) is 8.10. The summed E-state index contributed by atoms with van der Waals surface area (Å²) in [6.45, 7) is 9.58. The fourth-order valence-corrected chi connectivity index (χ4v) is 3.23. The molecule has 2 atom stereocenters.